The average molecular weight is 262 g/mol. The number of nitrogens with two attached hydrogens (primary N) is 1. The zero-order chi connectivity index (χ0) is 13.8. The zero-order valence-corrected chi connectivity index (χ0v) is 10.7. The lowest BCUT2D eigenvalue weighted by Gasteiger charge is -2.21. The monoisotopic (exact) mass is 262 g/mol. The van der Waals surface area contributed by atoms with Crippen LogP contribution in [0.3, 0.4) is 0 Å². The Kier molecular flexibility index (Phi) is 4.00. The molecule has 0 spiro atoms. The van der Waals surface area contributed by atoms with Gasteiger partial charge in [-0.05, 0) is 36.2 Å². The Morgan fingerprint density at radius 1 is 1.11 bits per heavy atom. The van der Waals surface area contributed by atoms with Gasteiger partial charge in [0.05, 0.1) is 11.4 Å². The molecule has 0 atom stereocenters. The maximum absolute atomic E-state index is 13.5. The Hall–Kier alpha value is -2.10. The van der Waals surface area contributed by atoms with Crippen LogP contribution in [-0.2, 0) is 6.42 Å². The van der Waals surface area contributed by atoms with Crippen molar-refractivity contribution < 1.29 is 8.78 Å². The van der Waals surface area contributed by atoms with Crippen molar-refractivity contribution in [2.45, 2.75) is 6.42 Å². The van der Waals surface area contributed by atoms with Gasteiger partial charge in [-0.15, -0.1) is 0 Å². The lowest BCUT2D eigenvalue weighted by molar-refractivity contribution is 0.608. The van der Waals surface area contributed by atoms with Crippen LogP contribution < -0.4 is 10.6 Å². The van der Waals surface area contributed by atoms with E-state index in [1.807, 2.05) is 11.9 Å². The summed E-state index contributed by atoms with van der Waals surface area (Å²) in [6.07, 6.45) is 0.541. The normalized spacial score (nSPS) is 10.5. The van der Waals surface area contributed by atoms with Crippen LogP contribution in [0.5, 0.6) is 0 Å². The third kappa shape index (κ3) is 3.22. The largest absolute Gasteiger partial charge is 0.397 e. The highest BCUT2D eigenvalue weighted by molar-refractivity contribution is 5.67. The van der Waals surface area contributed by atoms with Crippen LogP contribution in [0.4, 0.5) is 20.2 Å². The summed E-state index contributed by atoms with van der Waals surface area (Å²) in [6, 6.07) is 10.9. The number of nitrogen functional groups attached to an aromatic ring is 1. The summed E-state index contributed by atoms with van der Waals surface area (Å²) in [4.78, 5) is 1.82. The molecule has 0 fully saturated rings. The molecule has 19 heavy (non-hydrogen) atoms. The summed E-state index contributed by atoms with van der Waals surface area (Å²) in [7, 11) is 1.81. The van der Waals surface area contributed by atoms with Crippen LogP contribution in [0.1, 0.15) is 5.56 Å². The van der Waals surface area contributed by atoms with E-state index in [0.717, 1.165) is 0 Å². The highest BCUT2D eigenvalue weighted by Crippen LogP contribution is 2.23. The van der Waals surface area contributed by atoms with Crippen molar-refractivity contribution in [3.8, 4) is 0 Å². The zero-order valence-electron chi connectivity index (χ0n) is 10.7. The maximum Gasteiger partial charge on any atom is 0.126 e. The van der Waals surface area contributed by atoms with Crippen molar-refractivity contribution in [3.63, 3.8) is 0 Å². The van der Waals surface area contributed by atoms with Crippen molar-refractivity contribution in [2.24, 2.45) is 0 Å². The van der Waals surface area contributed by atoms with Gasteiger partial charge < -0.3 is 10.6 Å². The summed E-state index contributed by atoms with van der Waals surface area (Å²) in [6.45, 7) is 0.564. The molecule has 4 heteroatoms. The molecule has 0 aliphatic carbocycles. The van der Waals surface area contributed by atoms with E-state index in [1.165, 1.54) is 24.3 Å². The summed E-state index contributed by atoms with van der Waals surface area (Å²) >= 11 is 0. The molecule has 0 bridgehead atoms. The molecule has 0 saturated heterocycles. The van der Waals surface area contributed by atoms with Crippen molar-refractivity contribution in [1.82, 2.24) is 0 Å². The third-order valence-corrected chi connectivity index (χ3v) is 3.08. The molecule has 0 unspecified atom stereocenters. The van der Waals surface area contributed by atoms with Crippen molar-refractivity contribution in [2.75, 3.05) is 24.2 Å². The number of likely N-dealkylation sites (N-methyl/N-ethyl adjacent to an activating group) is 1. The molecule has 0 amide bonds. The molecule has 2 aromatic carbocycles. The molecule has 0 aromatic heterocycles. The minimum Gasteiger partial charge on any atom is -0.397 e. The van der Waals surface area contributed by atoms with Gasteiger partial charge in [0, 0.05) is 13.6 Å². The first kappa shape index (κ1) is 13.3. The van der Waals surface area contributed by atoms with Gasteiger partial charge in [-0.3, -0.25) is 0 Å². The standard InChI is InChI=1S/C15H16F2N2/c1-19(15-10-12(16)6-7-14(15)18)9-8-11-4-2-3-5-13(11)17/h2-7,10H,8-9,18H2,1H3. The van der Waals surface area contributed by atoms with E-state index in [-0.39, 0.29) is 11.6 Å². The molecule has 0 aliphatic rings. The van der Waals surface area contributed by atoms with Crippen LogP contribution in [0.15, 0.2) is 42.5 Å². The Morgan fingerprint density at radius 3 is 2.58 bits per heavy atom. The van der Waals surface area contributed by atoms with Gasteiger partial charge in [0.2, 0.25) is 0 Å². The van der Waals surface area contributed by atoms with Gasteiger partial charge >= 0.3 is 0 Å². The summed E-state index contributed by atoms with van der Waals surface area (Å²) in [5, 5.41) is 0. The number of benzene rings is 2. The van der Waals surface area contributed by atoms with Gasteiger partial charge in [0.15, 0.2) is 0 Å². The molecule has 0 heterocycles. The number of hydrogen-bond acceptors (Lipinski definition) is 2. The number of rotatable bonds is 4. The Bertz CT molecular complexity index is 570. The minimum atomic E-state index is -0.332. The van der Waals surface area contributed by atoms with E-state index in [1.54, 1.807) is 18.2 Å². The predicted molar refractivity (Wildman–Crippen MR) is 74.2 cm³/mol. The van der Waals surface area contributed by atoms with E-state index in [0.29, 0.717) is 29.9 Å². The van der Waals surface area contributed by atoms with E-state index in [4.69, 9.17) is 5.73 Å². The molecule has 0 saturated carbocycles. The number of nitrogens with zero attached hydrogens (tertiary/aromatic N) is 1. The van der Waals surface area contributed by atoms with E-state index < -0.39 is 0 Å². The Morgan fingerprint density at radius 2 is 1.84 bits per heavy atom. The molecule has 2 N–H and O–H groups in total. The average Bonchev–Trinajstić information content (AvgIpc) is 2.40. The lowest BCUT2D eigenvalue weighted by atomic mass is 10.1. The first-order chi connectivity index (χ1) is 9.08. The molecule has 2 aromatic rings. The van der Waals surface area contributed by atoms with Crippen LogP contribution in [0.25, 0.3) is 0 Å². The van der Waals surface area contributed by atoms with Crippen molar-refractivity contribution in [3.05, 3.63) is 59.7 Å². The van der Waals surface area contributed by atoms with Gasteiger partial charge in [-0.25, -0.2) is 8.78 Å². The fourth-order valence-electron chi connectivity index (χ4n) is 1.96. The van der Waals surface area contributed by atoms with E-state index >= 15 is 0 Å². The second kappa shape index (κ2) is 5.69. The van der Waals surface area contributed by atoms with Crippen LogP contribution in [0.2, 0.25) is 0 Å². The number of hydrogen-bond donors (Lipinski definition) is 1. The predicted octanol–water partition coefficient (Wildman–Crippen LogP) is 3.23. The fourth-order valence-corrected chi connectivity index (χ4v) is 1.96. The quantitative estimate of drug-likeness (QED) is 0.857. The fraction of sp³-hybridized carbons (Fsp3) is 0.200. The highest BCUT2D eigenvalue weighted by atomic mass is 19.1. The second-order valence-corrected chi connectivity index (χ2v) is 4.47. The summed E-state index contributed by atoms with van der Waals surface area (Å²) in [5.74, 6) is -0.551. The maximum atomic E-state index is 13.5. The third-order valence-electron chi connectivity index (χ3n) is 3.08. The van der Waals surface area contributed by atoms with Crippen LogP contribution >= 0.6 is 0 Å². The molecule has 0 radical (unpaired) electrons. The smallest absolute Gasteiger partial charge is 0.126 e. The molecule has 0 aliphatic heterocycles. The van der Waals surface area contributed by atoms with Gasteiger partial charge in [0.25, 0.3) is 0 Å². The van der Waals surface area contributed by atoms with Crippen LogP contribution in [-0.4, -0.2) is 13.6 Å². The minimum absolute atomic E-state index is 0.219. The van der Waals surface area contributed by atoms with Crippen molar-refractivity contribution in [1.29, 1.82) is 0 Å². The first-order valence-electron chi connectivity index (χ1n) is 6.07. The molecule has 2 nitrogen and oxygen atoms in total. The molecule has 100 valence electrons. The number of halogens is 2. The SMILES string of the molecule is CN(CCc1ccccc1F)c1cc(F)ccc1N. The Labute approximate surface area is 111 Å². The second-order valence-electron chi connectivity index (χ2n) is 4.47. The summed E-state index contributed by atoms with van der Waals surface area (Å²) < 4.78 is 26.7. The van der Waals surface area contributed by atoms with Gasteiger partial charge in [-0.1, -0.05) is 18.2 Å². The number of anilines is 2. The summed E-state index contributed by atoms with van der Waals surface area (Å²) in [5.41, 5.74) is 7.58. The topological polar surface area (TPSA) is 29.3 Å². The van der Waals surface area contributed by atoms with E-state index in [9.17, 15) is 8.78 Å². The lowest BCUT2D eigenvalue weighted by Crippen LogP contribution is -2.21. The van der Waals surface area contributed by atoms with E-state index in [2.05, 4.69) is 0 Å². The molecular weight excluding hydrogens is 246 g/mol. The molecule has 2 rings (SSSR count). The van der Waals surface area contributed by atoms with Gasteiger partial charge in [-0.2, -0.15) is 0 Å². The van der Waals surface area contributed by atoms with Crippen LogP contribution in [0, 0.1) is 11.6 Å². The first-order valence-corrected chi connectivity index (χ1v) is 6.07. The Balaban J connectivity index is 2.07. The van der Waals surface area contributed by atoms with Crippen molar-refractivity contribution >= 4 is 11.4 Å². The van der Waals surface area contributed by atoms with Gasteiger partial charge in [0.1, 0.15) is 11.6 Å². The highest BCUT2D eigenvalue weighted by Gasteiger charge is 2.08. The molecular formula is C15H16F2N2.